The number of thiazole rings is 1. The van der Waals surface area contributed by atoms with E-state index < -0.39 is 6.67 Å². The maximum absolute atomic E-state index is 12.5. The SMILES string of the molecule is Cc1cc(O[C@H]2CO[C@H](C)C2)cc(C(=O)Cc2nc(CF)cs2)n1. The van der Waals surface area contributed by atoms with Gasteiger partial charge in [-0.2, -0.15) is 0 Å². The summed E-state index contributed by atoms with van der Waals surface area (Å²) in [4.78, 5) is 20.8. The highest BCUT2D eigenvalue weighted by molar-refractivity contribution is 7.09. The van der Waals surface area contributed by atoms with Gasteiger partial charge in [-0.25, -0.2) is 14.4 Å². The summed E-state index contributed by atoms with van der Waals surface area (Å²) >= 11 is 1.28. The van der Waals surface area contributed by atoms with E-state index in [9.17, 15) is 9.18 Å². The molecule has 0 radical (unpaired) electrons. The Morgan fingerprint density at radius 2 is 2.29 bits per heavy atom. The summed E-state index contributed by atoms with van der Waals surface area (Å²) in [6, 6.07) is 3.46. The van der Waals surface area contributed by atoms with E-state index in [0.29, 0.717) is 34.4 Å². The molecule has 1 fully saturated rings. The van der Waals surface area contributed by atoms with Crippen LogP contribution < -0.4 is 4.74 Å². The van der Waals surface area contributed by atoms with Crippen molar-refractivity contribution in [2.24, 2.45) is 0 Å². The molecule has 0 saturated carbocycles. The molecule has 5 nitrogen and oxygen atoms in total. The minimum absolute atomic E-state index is 0.00386. The Hall–Kier alpha value is -1.86. The topological polar surface area (TPSA) is 61.3 Å². The summed E-state index contributed by atoms with van der Waals surface area (Å²) in [5.74, 6) is 0.469. The van der Waals surface area contributed by atoms with Crippen LogP contribution in [0.15, 0.2) is 17.5 Å². The zero-order valence-electron chi connectivity index (χ0n) is 13.6. The highest BCUT2D eigenvalue weighted by atomic mass is 32.1. The third-order valence-electron chi connectivity index (χ3n) is 3.72. The fourth-order valence-electron chi connectivity index (χ4n) is 2.62. The molecule has 0 amide bonds. The van der Waals surface area contributed by atoms with Crippen LogP contribution in [0.2, 0.25) is 0 Å². The molecule has 1 aliphatic heterocycles. The molecule has 0 aliphatic carbocycles. The van der Waals surface area contributed by atoms with Gasteiger partial charge in [-0.3, -0.25) is 4.79 Å². The van der Waals surface area contributed by atoms with Gasteiger partial charge in [0.2, 0.25) is 0 Å². The number of aryl methyl sites for hydroxylation is 1. The number of nitrogens with zero attached hydrogens (tertiary/aromatic N) is 2. The van der Waals surface area contributed by atoms with Crippen LogP contribution in [0.1, 0.15) is 40.2 Å². The Labute approximate surface area is 143 Å². The Balaban J connectivity index is 1.71. The molecule has 24 heavy (non-hydrogen) atoms. The molecule has 3 heterocycles. The van der Waals surface area contributed by atoms with Crippen LogP contribution >= 0.6 is 11.3 Å². The number of carbonyl (C=O) groups is 1. The Bertz CT molecular complexity index is 734. The maximum atomic E-state index is 12.5. The van der Waals surface area contributed by atoms with Crippen molar-refractivity contribution in [3.63, 3.8) is 0 Å². The summed E-state index contributed by atoms with van der Waals surface area (Å²) in [5, 5.41) is 2.22. The summed E-state index contributed by atoms with van der Waals surface area (Å²) in [6.07, 6.45) is 1.13. The lowest BCUT2D eigenvalue weighted by Gasteiger charge is -2.13. The molecule has 128 valence electrons. The number of ether oxygens (including phenoxy) is 2. The largest absolute Gasteiger partial charge is 0.488 e. The summed E-state index contributed by atoms with van der Waals surface area (Å²) < 4.78 is 23.9. The minimum Gasteiger partial charge on any atom is -0.488 e. The van der Waals surface area contributed by atoms with E-state index in [1.807, 2.05) is 19.9 Å². The predicted octanol–water partition coefficient (Wildman–Crippen LogP) is 3.30. The average Bonchev–Trinajstić information content (AvgIpc) is 3.15. The number of aromatic nitrogens is 2. The van der Waals surface area contributed by atoms with Crippen molar-refractivity contribution in [2.75, 3.05) is 6.61 Å². The van der Waals surface area contributed by atoms with Crippen molar-refractivity contribution in [1.29, 1.82) is 0 Å². The van der Waals surface area contributed by atoms with Gasteiger partial charge in [0, 0.05) is 29.6 Å². The van der Waals surface area contributed by atoms with Crippen LogP contribution in [0.25, 0.3) is 0 Å². The van der Waals surface area contributed by atoms with Gasteiger partial charge in [0.1, 0.15) is 29.2 Å². The molecule has 0 unspecified atom stereocenters. The van der Waals surface area contributed by atoms with E-state index in [2.05, 4.69) is 9.97 Å². The van der Waals surface area contributed by atoms with Gasteiger partial charge in [-0.05, 0) is 13.8 Å². The van der Waals surface area contributed by atoms with Gasteiger partial charge in [-0.1, -0.05) is 0 Å². The lowest BCUT2D eigenvalue weighted by atomic mass is 10.1. The molecule has 1 aliphatic rings. The van der Waals surface area contributed by atoms with E-state index in [4.69, 9.17) is 9.47 Å². The monoisotopic (exact) mass is 350 g/mol. The van der Waals surface area contributed by atoms with E-state index in [-0.39, 0.29) is 24.4 Å². The number of ketones is 1. The van der Waals surface area contributed by atoms with Crippen molar-refractivity contribution < 1.29 is 18.7 Å². The fourth-order valence-corrected chi connectivity index (χ4v) is 3.39. The number of alkyl halides is 1. The second kappa shape index (κ2) is 7.36. The maximum Gasteiger partial charge on any atom is 0.188 e. The third kappa shape index (κ3) is 4.15. The second-order valence-corrected chi connectivity index (χ2v) is 6.86. The molecule has 2 aromatic heterocycles. The zero-order valence-corrected chi connectivity index (χ0v) is 14.4. The number of rotatable bonds is 6. The van der Waals surface area contributed by atoms with Crippen LogP contribution in [0.3, 0.4) is 0 Å². The van der Waals surface area contributed by atoms with Gasteiger partial charge in [0.25, 0.3) is 0 Å². The molecule has 3 rings (SSSR count). The van der Waals surface area contributed by atoms with Crippen molar-refractivity contribution in [1.82, 2.24) is 9.97 Å². The molecule has 0 bridgehead atoms. The summed E-state index contributed by atoms with van der Waals surface area (Å²) in [5.41, 5.74) is 1.42. The van der Waals surface area contributed by atoms with Crippen LogP contribution in [0, 0.1) is 6.92 Å². The third-order valence-corrected chi connectivity index (χ3v) is 4.62. The van der Waals surface area contributed by atoms with Gasteiger partial charge >= 0.3 is 0 Å². The molecular weight excluding hydrogens is 331 g/mol. The second-order valence-electron chi connectivity index (χ2n) is 5.92. The van der Waals surface area contributed by atoms with E-state index >= 15 is 0 Å². The van der Waals surface area contributed by atoms with Crippen LogP contribution in [-0.4, -0.2) is 34.6 Å². The first-order valence-corrected chi connectivity index (χ1v) is 8.71. The number of pyridine rings is 1. The van der Waals surface area contributed by atoms with Crippen molar-refractivity contribution in [3.05, 3.63) is 39.6 Å². The fraction of sp³-hybridized carbons (Fsp3) is 0.471. The van der Waals surface area contributed by atoms with E-state index in [1.54, 1.807) is 11.4 Å². The number of hydrogen-bond donors (Lipinski definition) is 0. The number of carbonyl (C=O) groups excluding carboxylic acids is 1. The molecule has 0 N–H and O–H groups in total. The zero-order chi connectivity index (χ0) is 17.1. The summed E-state index contributed by atoms with van der Waals surface area (Å²) in [7, 11) is 0. The van der Waals surface area contributed by atoms with Crippen molar-refractivity contribution in [2.45, 2.75) is 45.6 Å². The molecule has 0 spiro atoms. The molecule has 7 heteroatoms. The molecule has 2 atom stereocenters. The summed E-state index contributed by atoms with van der Waals surface area (Å²) in [6.45, 7) is 3.77. The molecular formula is C17H19FN2O3S. The number of hydrogen-bond acceptors (Lipinski definition) is 6. The molecule has 2 aromatic rings. The van der Waals surface area contributed by atoms with Crippen LogP contribution in [0.4, 0.5) is 4.39 Å². The Morgan fingerprint density at radius 3 is 2.96 bits per heavy atom. The van der Waals surface area contributed by atoms with Gasteiger partial charge < -0.3 is 9.47 Å². The average molecular weight is 350 g/mol. The molecule has 1 saturated heterocycles. The highest BCUT2D eigenvalue weighted by Crippen LogP contribution is 2.22. The first kappa shape index (κ1) is 17.0. The van der Waals surface area contributed by atoms with Crippen molar-refractivity contribution in [3.8, 4) is 5.75 Å². The minimum atomic E-state index is -0.618. The Morgan fingerprint density at radius 1 is 1.46 bits per heavy atom. The van der Waals surface area contributed by atoms with Crippen molar-refractivity contribution >= 4 is 17.1 Å². The predicted molar refractivity (Wildman–Crippen MR) is 88.4 cm³/mol. The van der Waals surface area contributed by atoms with E-state index in [0.717, 1.165) is 6.42 Å². The first-order chi connectivity index (χ1) is 11.5. The first-order valence-electron chi connectivity index (χ1n) is 7.83. The Kier molecular flexibility index (Phi) is 5.20. The normalized spacial score (nSPS) is 20.3. The van der Waals surface area contributed by atoms with Crippen LogP contribution in [-0.2, 0) is 17.8 Å². The van der Waals surface area contributed by atoms with Gasteiger partial charge in [0.15, 0.2) is 5.78 Å². The quantitative estimate of drug-likeness (QED) is 0.748. The molecule has 0 aromatic carbocycles. The standard InChI is InChI=1S/C17H19FN2O3S/c1-10-3-13(23-14-4-11(2)22-8-14)5-15(19-10)16(21)6-17-20-12(7-18)9-24-17/h3,5,9,11,14H,4,6-8H2,1-2H3/t11-,14-/m1/s1. The van der Waals surface area contributed by atoms with Gasteiger partial charge in [0.05, 0.1) is 24.8 Å². The number of halogens is 1. The lowest BCUT2D eigenvalue weighted by Crippen LogP contribution is -2.17. The van der Waals surface area contributed by atoms with E-state index in [1.165, 1.54) is 11.3 Å². The lowest BCUT2D eigenvalue weighted by molar-refractivity contribution is 0.0985. The smallest absolute Gasteiger partial charge is 0.188 e. The van der Waals surface area contributed by atoms with Gasteiger partial charge in [-0.15, -0.1) is 11.3 Å². The van der Waals surface area contributed by atoms with Crippen LogP contribution in [0.5, 0.6) is 5.75 Å². The highest BCUT2D eigenvalue weighted by Gasteiger charge is 2.24. The number of Topliss-reactive ketones (excluding diaryl/α,β-unsaturated/α-hetero) is 1.